The highest BCUT2D eigenvalue weighted by Crippen LogP contribution is 2.33. The first kappa shape index (κ1) is 19.6. The standard InChI is InChI=1S/C23H27N3O3/c27-22(24-11-6-12-25-13-15-29-16-14-25)21-17-19-9-4-5-10-20(19)26(21)23(28)18-7-2-1-3-8-18/h1-5,7-10,21H,6,11-17H2,(H,24,27). The van der Waals surface area contributed by atoms with Crippen molar-refractivity contribution in [3.63, 3.8) is 0 Å². The minimum absolute atomic E-state index is 0.0903. The fourth-order valence-corrected chi connectivity index (χ4v) is 4.02. The molecule has 0 bridgehead atoms. The van der Waals surface area contributed by atoms with E-state index in [1.807, 2.05) is 42.5 Å². The van der Waals surface area contributed by atoms with Gasteiger partial charge in [0, 0.05) is 37.3 Å². The van der Waals surface area contributed by atoms with Gasteiger partial charge in [0.05, 0.1) is 13.2 Å². The number of carbonyl (C=O) groups is 2. The van der Waals surface area contributed by atoms with E-state index in [9.17, 15) is 9.59 Å². The number of fused-ring (bicyclic) bond motifs is 1. The number of nitrogens with one attached hydrogen (secondary N) is 1. The van der Waals surface area contributed by atoms with Gasteiger partial charge in [-0.05, 0) is 36.7 Å². The topological polar surface area (TPSA) is 61.9 Å². The summed E-state index contributed by atoms with van der Waals surface area (Å²) >= 11 is 0. The number of anilines is 1. The van der Waals surface area contributed by atoms with E-state index in [1.54, 1.807) is 17.0 Å². The van der Waals surface area contributed by atoms with Gasteiger partial charge in [0.1, 0.15) is 6.04 Å². The highest BCUT2D eigenvalue weighted by atomic mass is 16.5. The van der Waals surface area contributed by atoms with Gasteiger partial charge in [0.25, 0.3) is 5.91 Å². The molecule has 0 radical (unpaired) electrons. The number of ether oxygens (including phenoxy) is 1. The molecule has 2 aromatic carbocycles. The van der Waals surface area contributed by atoms with Crippen molar-refractivity contribution in [1.82, 2.24) is 10.2 Å². The number of amides is 2. The number of nitrogens with zero attached hydrogens (tertiary/aromatic N) is 2. The van der Waals surface area contributed by atoms with Gasteiger partial charge in [-0.2, -0.15) is 0 Å². The molecule has 0 aromatic heterocycles. The lowest BCUT2D eigenvalue weighted by Gasteiger charge is -2.27. The van der Waals surface area contributed by atoms with Crippen LogP contribution < -0.4 is 10.2 Å². The second-order valence-electron chi connectivity index (χ2n) is 7.49. The van der Waals surface area contributed by atoms with Gasteiger partial charge >= 0.3 is 0 Å². The van der Waals surface area contributed by atoms with Crippen molar-refractivity contribution in [1.29, 1.82) is 0 Å². The maximum atomic E-state index is 13.2. The summed E-state index contributed by atoms with van der Waals surface area (Å²) in [7, 11) is 0. The minimum Gasteiger partial charge on any atom is -0.379 e. The SMILES string of the molecule is O=C(NCCCN1CCOCC1)C1Cc2ccccc2N1C(=O)c1ccccc1. The largest absolute Gasteiger partial charge is 0.379 e. The summed E-state index contributed by atoms with van der Waals surface area (Å²) < 4.78 is 5.36. The van der Waals surface area contributed by atoms with Crippen molar-refractivity contribution >= 4 is 17.5 Å². The molecule has 2 aliphatic heterocycles. The molecular formula is C23H27N3O3. The van der Waals surface area contributed by atoms with Gasteiger partial charge in [-0.25, -0.2) is 0 Å². The average molecular weight is 393 g/mol. The number of carbonyl (C=O) groups excluding carboxylic acids is 2. The van der Waals surface area contributed by atoms with Crippen molar-refractivity contribution in [2.75, 3.05) is 44.3 Å². The van der Waals surface area contributed by atoms with Crippen molar-refractivity contribution in [3.8, 4) is 0 Å². The van der Waals surface area contributed by atoms with Crippen LogP contribution in [0.15, 0.2) is 54.6 Å². The summed E-state index contributed by atoms with van der Waals surface area (Å²) in [6.45, 7) is 5.01. The lowest BCUT2D eigenvalue weighted by molar-refractivity contribution is -0.122. The van der Waals surface area contributed by atoms with E-state index in [0.29, 0.717) is 18.5 Å². The van der Waals surface area contributed by atoms with Gasteiger partial charge in [0.2, 0.25) is 5.91 Å². The Bertz CT molecular complexity index is 849. The molecule has 1 unspecified atom stereocenters. The first-order valence-corrected chi connectivity index (χ1v) is 10.3. The second kappa shape index (κ2) is 9.20. The zero-order valence-corrected chi connectivity index (χ0v) is 16.5. The Hall–Kier alpha value is -2.70. The van der Waals surface area contributed by atoms with Crippen LogP contribution in [0.3, 0.4) is 0 Å². The molecule has 2 amide bonds. The number of rotatable bonds is 6. The van der Waals surface area contributed by atoms with E-state index >= 15 is 0 Å². The van der Waals surface area contributed by atoms with E-state index in [1.165, 1.54) is 0 Å². The van der Waals surface area contributed by atoms with Gasteiger partial charge in [0.15, 0.2) is 0 Å². The molecule has 2 aliphatic rings. The molecule has 1 saturated heterocycles. The molecule has 1 atom stereocenters. The summed E-state index contributed by atoms with van der Waals surface area (Å²) in [6, 6.07) is 16.4. The van der Waals surface area contributed by atoms with Crippen molar-refractivity contribution in [2.45, 2.75) is 18.9 Å². The fourth-order valence-electron chi connectivity index (χ4n) is 4.02. The number of hydrogen-bond acceptors (Lipinski definition) is 4. The van der Waals surface area contributed by atoms with Gasteiger partial charge in [-0.1, -0.05) is 36.4 Å². The predicted octanol–water partition coefficient (Wildman–Crippen LogP) is 2.10. The lowest BCUT2D eigenvalue weighted by atomic mass is 10.1. The Morgan fingerprint density at radius 3 is 2.52 bits per heavy atom. The third-order valence-corrected chi connectivity index (χ3v) is 5.57. The molecule has 29 heavy (non-hydrogen) atoms. The van der Waals surface area contributed by atoms with E-state index < -0.39 is 6.04 Å². The van der Waals surface area contributed by atoms with E-state index in [2.05, 4.69) is 10.2 Å². The Morgan fingerprint density at radius 1 is 1.00 bits per heavy atom. The Kier molecular flexibility index (Phi) is 6.22. The van der Waals surface area contributed by atoms with Crippen LogP contribution in [-0.4, -0.2) is 62.1 Å². The maximum Gasteiger partial charge on any atom is 0.259 e. The third-order valence-electron chi connectivity index (χ3n) is 5.57. The molecule has 6 heteroatoms. The third kappa shape index (κ3) is 4.49. The summed E-state index contributed by atoms with van der Waals surface area (Å²) in [5, 5.41) is 3.04. The molecule has 0 spiro atoms. The maximum absolute atomic E-state index is 13.2. The number of benzene rings is 2. The Labute approximate surface area is 171 Å². The Balaban J connectivity index is 1.41. The highest BCUT2D eigenvalue weighted by Gasteiger charge is 2.38. The fraction of sp³-hybridized carbons (Fsp3) is 0.391. The molecule has 2 aromatic rings. The van der Waals surface area contributed by atoms with Gasteiger partial charge in [-0.15, -0.1) is 0 Å². The zero-order valence-electron chi connectivity index (χ0n) is 16.5. The molecule has 1 fully saturated rings. The first-order chi connectivity index (χ1) is 14.2. The van der Waals surface area contributed by atoms with Crippen LogP contribution >= 0.6 is 0 Å². The summed E-state index contributed by atoms with van der Waals surface area (Å²) in [4.78, 5) is 30.2. The van der Waals surface area contributed by atoms with Crippen LogP contribution in [-0.2, 0) is 16.0 Å². The van der Waals surface area contributed by atoms with Crippen LogP contribution in [0.4, 0.5) is 5.69 Å². The molecule has 152 valence electrons. The predicted molar refractivity (Wildman–Crippen MR) is 112 cm³/mol. The summed E-state index contributed by atoms with van der Waals surface area (Å²) in [5.41, 5.74) is 2.45. The van der Waals surface area contributed by atoms with Crippen molar-refractivity contribution in [2.24, 2.45) is 0 Å². The van der Waals surface area contributed by atoms with E-state index in [0.717, 1.165) is 50.5 Å². The average Bonchev–Trinajstić information content (AvgIpc) is 3.17. The summed E-state index contributed by atoms with van der Waals surface area (Å²) in [6.07, 6.45) is 1.43. The van der Waals surface area contributed by atoms with Crippen molar-refractivity contribution in [3.05, 3.63) is 65.7 Å². The van der Waals surface area contributed by atoms with Crippen LogP contribution in [0.5, 0.6) is 0 Å². The minimum atomic E-state index is -0.511. The van der Waals surface area contributed by atoms with Gasteiger partial charge in [-0.3, -0.25) is 19.4 Å². The van der Waals surface area contributed by atoms with Crippen LogP contribution in [0, 0.1) is 0 Å². The van der Waals surface area contributed by atoms with Crippen LogP contribution in [0.25, 0.3) is 0 Å². The van der Waals surface area contributed by atoms with E-state index in [-0.39, 0.29) is 11.8 Å². The van der Waals surface area contributed by atoms with Crippen molar-refractivity contribution < 1.29 is 14.3 Å². The number of para-hydroxylation sites is 1. The lowest BCUT2D eigenvalue weighted by Crippen LogP contribution is -2.48. The smallest absolute Gasteiger partial charge is 0.259 e. The van der Waals surface area contributed by atoms with Crippen LogP contribution in [0.2, 0.25) is 0 Å². The Morgan fingerprint density at radius 2 is 1.72 bits per heavy atom. The highest BCUT2D eigenvalue weighted by molar-refractivity contribution is 6.11. The number of hydrogen-bond donors (Lipinski definition) is 1. The zero-order chi connectivity index (χ0) is 20.1. The van der Waals surface area contributed by atoms with E-state index in [4.69, 9.17) is 4.74 Å². The molecular weight excluding hydrogens is 366 g/mol. The number of morpholine rings is 1. The molecule has 0 saturated carbocycles. The molecule has 6 nitrogen and oxygen atoms in total. The second-order valence-corrected chi connectivity index (χ2v) is 7.49. The summed E-state index contributed by atoms with van der Waals surface area (Å²) in [5.74, 6) is -0.225. The van der Waals surface area contributed by atoms with Crippen LogP contribution in [0.1, 0.15) is 22.3 Å². The molecule has 2 heterocycles. The monoisotopic (exact) mass is 393 g/mol. The normalized spacial score (nSPS) is 19.0. The first-order valence-electron chi connectivity index (χ1n) is 10.3. The quantitative estimate of drug-likeness (QED) is 0.764. The molecule has 1 N–H and O–H groups in total. The molecule has 0 aliphatic carbocycles. The van der Waals surface area contributed by atoms with Gasteiger partial charge < -0.3 is 10.1 Å². The molecule has 4 rings (SSSR count).